The van der Waals surface area contributed by atoms with E-state index in [9.17, 15) is 0 Å². The van der Waals surface area contributed by atoms with Crippen LogP contribution in [0.1, 0.15) is 37.9 Å². The minimum absolute atomic E-state index is 0.133. The molecular formula is C15H21N5O. The quantitative estimate of drug-likeness (QED) is 0.917. The number of hydrogen-bond acceptors (Lipinski definition) is 5. The van der Waals surface area contributed by atoms with Gasteiger partial charge in [-0.05, 0) is 26.2 Å². The van der Waals surface area contributed by atoms with Crippen molar-refractivity contribution in [2.75, 3.05) is 11.9 Å². The number of aryl methyl sites for hydroxylation is 2. The number of ether oxygens (including phenoxy) is 1. The molecule has 1 aliphatic heterocycles. The molecule has 0 aromatic carbocycles. The molecule has 0 bridgehead atoms. The number of anilines is 1. The Hall–Kier alpha value is -1.69. The zero-order valence-corrected chi connectivity index (χ0v) is 12.6. The number of nitrogens with zero attached hydrogens (tertiary/aromatic N) is 4. The zero-order valence-electron chi connectivity index (χ0n) is 12.6. The van der Waals surface area contributed by atoms with Gasteiger partial charge in [0.05, 0.1) is 29.8 Å². The van der Waals surface area contributed by atoms with Crippen LogP contribution in [-0.2, 0) is 11.8 Å². The third-order valence-electron chi connectivity index (χ3n) is 4.77. The van der Waals surface area contributed by atoms with Crippen LogP contribution < -0.4 is 5.32 Å². The second kappa shape index (κ2) is 4.66. The lowest BCUT2D eigenvalue weighted by Gasteiger charge is -2.21. The van der Waals surface area contributed by atoms with Gasteiger partial charge >= 0.3 is 0 Å². The summed E-state index contributed by atoms with van der Waals surface area (Å²) in [6, 6.07) is 0.334. The Kier molecular flexibility index (Phi) is 2.89. The maximum Gasteiger partial charge on any atom is 0.163 e. The predicted molar refractivity (Wildman–Crippen MR) is 80.2 cm³/mol. The molecule has 1 saturated carbocycles. The van der Waals surface area contributed by atoms with Gasteiger partial charge in [0.15, 0.2) is 5.65 Å². The number of rotatable bonds is 2. The van der Waals surface area contributed by atoms with Crippen molar-refractivity contribution in [3.8, 4) is 0 Å². The van der Waals surface area contributed by atoms with Gasteiger partial charge in [-0.3, -0.25) is 4.68 Å². The van der Waals surface area contributed by atoms with Crippen LogP contribution in [0.3, 0.4) is 0 Å². The van der Waals surface area contributed by atoms with Gasteiger partial charge in [-0.15, -0.1) is 0 Å². The minimum atomic E-state index is 0.133. The molecule has 2 aromatic heterocycles. The van der Waals surface area contributed by atoms with Gasteiger partial charge in [0.1, 0.15) is 11.6 Å². The molecule has 3 heterocycles. The topological polar surface area (TPSA) is 64.9 Å². The van der Waals surface area contributed by atoms with Crippen molar-refractivity contribution in [2.45, 2.75) is 50.7 Å². The highest BCUT2D eigenvalue weighted by Gasteiger charge is 2.42. The maximum absolute atomic E-state index is 6.11. The summed E-state index contributed by atoms with van der Waals surface area (Å²) >= 11 is 0. The molecule has 2 aliphatic rings. The monoisotopic (exact) mass is 287 g/mol. The van der Waals surface area contributed by atoms with Gasteiger partial charge < -0.3 is 10.1 Å². The third kappa shape index (κ3) is 2.18. The molecule has 1 spiro atoms. The van der Waals surface area contributed by atoms with Crippen LogP contribution in [0.25, 0.3) is 11.0 Å². The summed E-state index contributed by atoms with van der Waals surface area (Å²) in [7, 11) is 1.91. The van der Waals surface area contributed by atoms with E-state index in [-0.39, 0.29) is 5.60 Å². The van der Waals surface area contributed by atoms with Crippen LogP contribution in [0.2, 0.25) is 0 Å². The lowest BCUT2D eigenvalue weighted by Crippen LogP contribution is -2.25. The molecule has 21 heavy (non-hydrogen) atoms. The largest absolute Gasteiger partial charge is 0.373 e. The van der Waals surface area contributed by atoms with Crippen molar-refractivity contribution in [1.82, 2.24) is 19.7 Å². The van der Waals surface area contributed by atoms with Gasteiger partial charge in [0.2, 0.25) is 0 Å². The Labute approximate surface area is 123 Å². The molecule has 2 aromatic rings. The highest BCUT2D eigenvalue weighted by atomic mass is 16.5. The lowest BCUT2D eigenvalue weighted by molar-refractivity contribution is 0.0103. The van der Waals surface area contributed by atoms with E-state index in [1.54, 1.807) is 4.68 Å². The summed E-state index contributed by atoms with van der Waals surface area (Å²) in [5, 5.41) is 8.83. The SMILES string of the molecule is Cc1nc(N[C@@H]2COC3(CCCC3)C2)c2cnn(C)c2n1. The van der Waals surface area contributed by atoms with Crippen LogP contribution in [0.4, 0.5) is 5.82 Å². The zero-order chi connectivity index (χ0) is 14.4. The third-order valence-corrected chi connectivity index (χ3v) is 4.77. The molecular weight excluding hydrogens is 266 g/mol. The van der Waals surface area contributed by atoms with Crippen LogP contribution in [0.15, 0.2) is 6.20 Å². The summed E-state index contributed by atoms with van der Waals surface area (Å²) in [4.78, 5) is 9.02. The highest BCUT2D eigenvalue weighted by Crippen LogP contribution is 2.41. The summed E-state index contributed by atoms with van der Waals surface area (Å²) in [6.07, 6.45) is 7.92. The number of nitrogens with one attached hydrogen (secondary N) is 1. The molecule has 112 valence electrons. The second-order valence-corrected chi connectivity index (χ2v) is 6.37. The van der Waals surface area contributed by atoms with Crippen LogP contribution in [0.5, 0.6) is 0 Å². The number of fused-ring (bicyclic) bond motifs is 1. The van der Waals surface area contributed by atoms with Gasteiger partial charge in [0.25, 0.3) is 0 Å². The van der Waals surface area contributed by atoms with Gasteiger partial charge in [0, 0.05) is 7.05 Å². The van der Waals surface area contributed by atoms with E-state index in [1.807, 2.05) is 20.2 Å². The molecule has 6 heteroatoms. The number of aromatic nitrogens is 4. The maximum atomic E-state index is 6.11. The van der Waals surface area contributed by atoms with Crippen LogP contribution in [0, 0.1) is 6.92 Å². The first-order valence-electron chi connectivity index (χ1n) is 7.72. The molecule has 1 saturated heterocycles. The van der Waals surface area contributed by atoms with E-state index in [2.05, 4.69) is 20.4 Å². The molecule has 2 fully saturated rings. The Morgan fingerprint density at radius 2 is 2.14 bits per heavy atom. The predicted octanol–water partition coefficient (Wildman–Crippen LogP) is 2.19. The highest BCUT2D eigenvalue weighted by molar-refractivity contribution is 5.86. The lowest BCUT2D eigenvalue weighted by atomic mass is 9.96. The average Bonchev–Trinajstić information content (AvgIpc) is 3.15. The van der Waals surface area contributed by atoms with Gasteiger partial charge in [-0.2, -0.15) is 5.10 Å². The second-order valence-electron chi connectivity index (χ2n) is 6.37. The van der Waals surface area contributed by atoms with E-state index in [4.69, 9.17) is 4.74 Å². The minimum Gasteiger partial charge on any atom is -0.373 e. The molecule has 1 N–H and O–H groups in total. The van der Waals surface area contributed by atoms with E-state index in [0.717, 1.165) is 35.7 Å². The Balaban J connectivity index is 1.60. The normalized spacial score (nSPS) is 24.2. The van der Waals surface area contributed by atoms with Crippen LogP contribution >= 0.6 is 0 Å². The summed E-state index contributed by atoms with van der Waals surface area (Å²) < 4.78 is 7.90. The van der Waals surface area contributed by atoms with Crippen molar-refractivity contribution in [3.63, 3.8) is 0 Å². The molecule has 1 atom stereocenters. The molecule has 4 rings (SSSR count). The fourth-order valence-corrected chi connectivity index (χ4v) is 3.74. The summed E-state index contributed by atoms with van der Waals surface area (Å²) in [5.74, 6) is 1.65. The molecule has 6 nitrogen and oxygen atoms in total. The Morgan fingerprint density at radius 3 is 2.95 bits per heavy atom. The smallest absolute Gasteiger partial charge is 0.163 e. The Bertz CT molecular complexity index is 674. The van der Waals surface area contributed by atoms with Crippen molar-refractivity contribution < 1.29 is 4.74 Å². The van der Waals surface area contributed by atoms with E-state index in [0.29, 0.717) is 6.04 Å². The summed E-state index contributed by atoms with van der Waals surface area (Å²) in [5.41, 5.74) is 1.01. The standard InChI is InChI=1S/C15H21N5O/c1-10-17-13(12-8-16-20(2)14(12)18-10)19-11-7-15(21-9-11)5-3-4-6-15/h8,11H,3-7,9H2,1-2H3,(H,17,18,19)/t11-/m0/s1. The summed E-state index contributed by atoms with van der Waals surface area (Å²) in [6.45, 7) is 2.69. The van der Waals surface area contributed by atoms with Gasteiger partial charge in [-0.1, -0.05) is 12.8 Å². The van der Waals surface area contributed by atoms with Crippen LogP contribution in [-0.4, -0.2) is 38.0 Å². The average molecular weight is 287 g/mol. The molecule has 0 amide bonds. The Morgan fingerprint density at radius 1 is 1.33 bits per heavy atom. The molecule has 1 aliphatic carbocycles. The van der Waals surface area contributed by atoms with E-state index >= 15 is 0 Å². The number of hydrogen-bond donors (Lipinski definition) is 1. The van der Waals surface area contributed by atoms with E-state index in [1.165, 1.54) is 25.7 Å². The van der Waals surface area contributed by atoms with Crippen molar-refractivity contribution >= 4 is 16.9 Å². The first kappa shape index (κ1) is 13.0. The molecule has 0 unspecified atom stereocenters. The molecule has 0 radical (unpaired) electrons. The van der Waals surface area contributed by atoms with Crippen molar-refractivity contribution in [1.29, 1.82) is 0 Å². The van der Waals surface area contributed by atoms with Crippen molar-refractivity contribution in [2.24, 2.45) is 7.05 Å². The fourth-order valence-electron chi connectivity index (χ4n) is 3.74. The van der Waals surface area contributed by atoms with E-state index < -0.39 is 0 Å². The van der Waals surface area contributed by atoms with Crippen molar-refractivity contribution in [3.05, 3.63) is 12.0 Å². The van der Waals surface area contributed by atoms with Gasteiger partial charge in [-0.25, -0.2) is 9.97 Å². The first-order valence-corrected chi connectivity index (χ1v) is 7.72. The fraction of sp³-hybridized carbons (Fsp3) is 0.667. The first-order chi connectivity index (χ1) is 10.2.